The van der Waals surface area contributed by atoms with E-state index in [-0.39, 0.29) is 5.41 Å². The van der Waals surface area contributed by atoms with Crippen LogP contribution in [-0.4, -0.2) is 12.4 Å². The molecule has 0 aliphatic heterocycles. The molecule has 0 radical (unpaired) electrons. The second kappa shape index (κ2) is 17.3. The molecule has 0 N–H and O–H groups in total. The molecule has 6 aromatic rings. The molecule has 0 fully saturated rings. The van der Waals surface area contributed by atoms with Crippen molar-refractivity contribution in [3.63, 3.8) is 0 Å². The SMILES string of the molecule is C=N/C(=C\C(=NCc1ccc(C(CCC)(CCC)C2=CCC(c3cccc(-c4cccc5ccccc45)c3)C=C2)cc1)c1ccccc1)c1ccccc1. The Morgan fingerprint density at radius 3 is 2.07 bits per heavy atom. The number of fused-ring (bicyclic) bond motifs is 1. The summed E-state index contributed by atoms with van der Waals surface area (Å²) in [6.45, 7) is 9.09. The van der Waals surface area contributed by atoms with Gasteiger partial charge in [-0.25, -0.2) is 0 Å². The van der Waals surface area contributed by atoms with Gasteiger partial charge >= 0.3 is 0 Å². The minimum atomic E-state index is -0.0181. The molecule has 268 valence electrons. The summed E-state index contributed by atoms with van der Waals surface area (Å²) in [5.74, 6) is 0.358. The van der Waals surface area contributed by atoms with Crippen molar-refractivity contribution in [2.75, 3.05) is 0 Å². The van der Waals surface area contributed by atoms with Gasteiger partial charge in [0.15, 0.2) is 0 Å². The van der Waals surface area contributed by atoms with Crippen LogP contribution in [0.1, 0.15) is 79.7 Å². The molecule has 0 saturated carbocycles. The lowest BCUT2D eigenvalue weighted by atomic mass is 9.66. The van der Waals surface area contributed by atoms with Gasteiger partial charge in [-0.05, 0) is 81.8 Å². The van der Waals surface area contributed by atoms with Crippen LogP contribution in [0.4, 0.5) is 0 Å². The Hall–Kier alpha value is -5.86. The van der Waals surface area contributed by atoms with Crippen LogP contribution in [0.15, 0.2) is 192 Å². The molecule has 54 heavy (non-hydrogen) atoms. The van der Waals surface area contributed by atoms with Gasteiger partial charge in [-0.15, -0.1) is 0 Å². The third-order valence-electron chi connectivity index (χ3n) is 10.9. The normalized spacial score (nSPS) is 14.9. The molecule has 1 aliphatic carbocycles. The molecule has 6 aromatic carbocycles. The Balaban J connectivity index is 1.14. The van der Waals surface area contributed by atoms with Crippen LogP contribution >= 0.6 is 0 Å². The summed E-state index contributed by atoms with van der Waals surface area (Å²) in [5.41, 5.74) is 11.8. The second-order valence-corrected chi connectivity index (χ2v) is 14.4. The Morgan fingerprint density at radius 2 is 1.39 bits per heavy atom. The summed E-state index contributed by atoms with van der Waals surface area (Å²) in [7, 11) is 0. The van der Waals surface area contributed by atoms with E-state index in [4.69, 9.17) is 4.99 Å². The molecule has 0 aromatic heterocycles. The minimum absolute atomic E-state index is 0.0181. The number of hydrogen-bond acceptors (Lipinski definition) is 2. The molecule has 0 amide bonds. The molecule has 1 unspecified atom stereocenters. The van der Waals surface area contributed by atoms with Crippen LogP contribution < -0.4 is 0 Å². The molecule has 0 spiro atoms. The first kappa shape index (κ1) is 36.5. The van der Waals surface area contributed by atoms with Crippen LogP contribution in [0.2, 0.25) is 0 Å². The molecular formula is C52H50N2. The first-order chi connectivity index (χ1) is 26.6. The van der Waals surface area contributed by atoms with E-state index in [0.29, 0.717) is 12.5 Å². The predicted octanol–water partition coefficient (Wildman–Crippen LogP) is 13.7. The first-order valence-electron chi connectivity index (χ1n) is 19.5. The number of benzene rings is 6. The maximum Gasteiger partial charge on any atom is 0.0716 e. The van der Waals surface area contributed by atoms with Crippen molar-refractivity contribution in [3.8, 4) is 11.1 Å². The average Bonchev–Trinajstić information content (AvgIpc) is 3.24. The van der Waals surface area contributed by atoms with Gasteiger partial charge in [0.2, 0.25) is 0 Å². The van der Waals surface area contributed by atoms with Gasteiger partial charge in [-0.3, -0.25) is 9.98 Å². The monoisotopic (exact) mass is 702 g/mol. The smallest absolute Gasteiger partial charge is 0.0716 e. The summed E-state index contributed by atoms with van der Waals surface area (Å²) < 4.78 is 0. The lowest BCUT2D eigenvalue weighted by Crippen LogP contribution is -2.29. The fraction of sp³-hybridized carbons (Fsp3) is 0.192. The predicted molar refractivity (Wildman–Crippen MR) is 233 cm³/mol. The molecular weight excluding hydrogens is 653 g/mol. The van der Waals surface area contributed by atoms with Crippen LogP contribution in [0.5, 0.6) is 0 Å². The molecule has 0 bridgehead atoms. The van der Waals surface area contributed by atoms with E-state index in [2.05, 4.69) is 177 Å². The molecule has 1 aliphatic rings. The largest absolute Gasteiger partial charge is 0.280 e. The third kappa shape index (κ3) is 8.04. The molecule has 2 nitrogen and oxygen atoms in total. The number of rotatable bonds is 14. The van der Waals surface area contributed by atoms with Gasteiger partial charge in [0.05, 0.1) is 18.0 Å². The minimum Gasteiger partial charge on any atom is -0.280 e. The fourth-order valence-corrected chi connectivity index (χ4v) is 8.25. The molecule has 2 heteroatoms. The van der Waals surface area contributed by atoms with Crippen molar-refractivity contribution in [2.24, 2.45) is 9.98 Å². The summed E-state index contributed by atoms with van der Waals surface area (Å²) in [5, 5.41) is 2.58. The van der Waals surface area contributed by atoms with Gasteiger partial charge < -0.3 is 0 Å². The standard InChI is InChI=1S/C52H50N2/c1-4-34-52(35-5-2,47-32-28-40(29-33-47)44-22-14-23-45(36-44)49-25-15-21-41-16-12-13-24-48(41)49)46-30-26-39(27-31-46)38-54-51(43-19-10-7-11-20-43)37-50(53-3)42-17-8-6-9-18-42/h6-28,30-33,36-37,40H,3-5,29,34-35,38H2,1-2H3/b50-37-,54-51?. The van der Waals surface area contributed by atoms with E-state index in [0.717, 1.165) is 54.6 Å². The quantitative estimate of drug-likeness (QED) is 0.101. The Labute approximate surface area is 322 Å². The highest BCUT2D eigenvalue weighted by molar-refractivity contribution is 6.12. The third-order valence-corrected chi connectivity index (χ3v) is 10.9. The zero-order chi connectivity index (χ0) is 37.2. The average molecular weight is 703 g/mol. The van der Waals surface area contributed by atoms with Crippen molar-refractivity contribution < 1.29 is 0 Å². The molecule has 1 atom stereocenters. The van der Waals surface area contributed by atoms with E-state index in [1.165, 1.54) is 44.2 Å². The second-order valence-electron chi connectivity index (χ2n) is 14.4. The van der Waals surface area contributed by atoms with Crippen molar-refractivity contribution in [2.45, 2.75) is 63.8 Å². The van der Waals surface area contributed by atoms with E-state index >= 15 is 0 Å². The zero-order valence-corrected chi connectivity index (χ0v) is 31.7. The van der Waals surface area contributed by atoms with Gasteiger partial charge in [0, 0.05) is 16.9 Å². The molecule has 0 heterocycles. The summed E-state index contributed by atoms with van der Waals surface area (Å²) in [6.07, 6.45) is 15.0. The highest BCUT2D eigenvalue weighted by Crippen LogP contribution is 2.45. The fourth-order valence-electron chi connectivity index (χ4n) is 8.25. The van der Waals surface area contributed by atoms with Gasteiger partial charge in [0.1, 0.15) is 0 Å². The van der Waals surface area contributed by atoms with Crippen molar-refractivity contribution in [3.05, 3.63) is 209 Å². The van der Waals surface area contributed by atoms with E-state index in [9.17, 15) is 0 Å². The first-order valence-corrected chi connectivity index (χ1v) is 19.5. The van der Waals surface area contributed by atoms with Crippen molar-refractivity contribution in [1.29, 1.82) is 0 Å². The summed E-state index contributed by atoms with van der Waals surface area (Å²) in [4.78, 5) is 9.50. The zero-order valence-electron chi connectivity index (χ0n) is 31.7. The van der Waals surface area contributed by atoms with Crippen LogP contribution in [0.25, 0.3) is 27.6 Å². The van der Waals surface area contributed by atoms with Crippen LogP contribution in [-0.2, 0) is 12.0 Å². The number of hydrogen-bond donors (Lipinski definition) is 0. The van der Waals surface area contributed by atoms with E-state index in [1.807, 2.05) is 24.3 Å². The topological polar surface area (TPSA) is 24.7 Å². The Morgan fingerprint density at radius 1 is 0.722 bits per heavy atom. The Bertz CT molecular complexity index is 2300. The van der Waals surface area contributed by atoms with Crippen molar-refractivity contribution >= 4 is 28.9 Å². The molecule has 0 saturated heterocycles. The number of allylic oxidation sites excluding steroid dienone is 5. The lowest BCUT2D eigenvalue weighted by molar-refractivity contribution is 0.421. The maximum atomic E-state index is 5.14. The van der Waals surface area contributed by atoms with Crippen LogP contribution in [0.3, 0.4) is 0 Å². The Kier molecular flexibility index (Phi) is 11.7. The van der Waals surface area contributed by atoms with Gasteiger partial charge in [-0.2, -0.15) is 0 Å². The van der Waals surface area contributed by atoms with Gasteiger partial charge in [0.25, 0.3) is 0 Å². The lowest BCUT2D eigenvalue weighted by Gasteiger charge is -2.38. The highest BCUT2D eigenvalue weighted by atomic mass is 14.8. The van der Waals surface area contributed by atoms with E-state index in [1.54, 1.807) is 0 Å². The number of aliphatic imine (C=N–C) groups is 2. The highest BCUT2D eigenvalue weighted by Gasteiger charge is 2.34. The summed E-state index contributed by atoms with van der Waals surface area (Å²) >= 11 is 0. The van der Waals surface area contributed by atoms with E-state index < -0.39 is 0 Å². The maximum absolute atomic E-state index is 5.14. The van der Waals surface area contributed by atoms with Crippen molar-refractivity contribution in [1.82, 2.24) is 0 Å². The summed E-state index contributed by atoms with van der Waals surface area (Å²) in [6, 6.07) is 54.3. The molecule has 7 rings (SSSR count). The van der Waals surface area contributed by atoms with Gasteiger partial charge in [-0.1, -0.05) is 197 Å². The number of nitrogens with zero attached hydrogens (tertiary/aromatic N) is 2. The van der Waals surface area contributed by atoms with Crippen LogP contribution in [0, 0.1) is 0 Å².